The van der Waals surface area contributed by atoms with Gasteiger partial charge >= 0.3 is 0 Å². The minimum absolute atomic E-state index is 0.108. The Morgan fingerprint density at radius 1 is 1.50 bits per heavy atom. The van der Waals surface area contributed by atoms with E-state index in [-0.39, 0.29) is 11.9 Å². The van der Waals surface area contributed by atoms with Crippen molar-refractivity contribution in [3.05, 3.63) is 29.6 Å². The largest absolute Gasteiger partial charge is 0.488 e. The second-order valence-electron chi connectivity index (χ2n) is 5.70. The molecule has 2 atom stereocenters. The van der Waals surface area contributed by atoms with Crippen LogP contribution in [0.2, 0.25) is 0 Å². The number of nitrogens with zero attached hydrogens (tertiary/aromatic N) is 1. The highest BCUT2D eigenvalue weighted by atomic mass is 32.1. The molecule has 20 heavy (non-hydrogen) atoms. The van der Waals surface area contributed by atoms with Crippen LogP contribution in [-0.4, -0.2) is 35.6 Å². The summed E-state index contributed by atoms with van der Waals surface area (Å²) in [6.07, 6.45) is 3.09. The first kappa shape index (κ1) is 13.8. The van der Waals surface area contributed by atoms with Crippen LogP contribution in [0.1, 0.15) is 18.4 Å². The minimum Gasteiger partial charge on any atom is -0.488 e. The Labute approximate surface area is 123 Å². The van der Waals surface area contributed by atoms with Crippen molar-refractivity contribution in [2.45, 2.75) is 25.4 Å². The van der Waals surface area contributed by atoms with Crippen LogP contribution >= 0.6 is 12.2 Å². The van der Waals surface area contributed by atoms with Gasteiger partial charge in [-0.2, -0.15) is 0 Å². The molecule has 1 saturated heterocycles. The Morgan fingerprint density at radius 3 is 3.15 bits per heavy atom. The fourth-order valence-corrected chi connectivity index (χ4v) is 3.32. The molecular weight excluding hydrogens is 275 g/mol. The number of likely N-dealkylation sites (tertiary alicyclic amines) is 1. The maximum atomic E-state index is 13.2. The van der Waals surface area contributed by atoms with Gasteiger partial charge in [-0.15, -0.1) is 0 Å². The number of halogens is 1. The Bertz CT molecular complexity index is 523. The molecule has 3 nitrogen and oxygen atoms in total. The summed E-state index contributed by atoms with van der Waals surface area (Å²) >= 11 is 5.10. The predicted molar refractivity (Wildman–Crippen MR) is 80.5 cm³/mol. The predicted octanol–water partition coefficient (Wildman–Crippen LogP) is 2.13. The Hall–Kier alpha value is -1.20. The highest BCUT2D eigenvalue weighted by molar-refractivity contribution is 7.80. The summed E-state index contributed by atoms with van der Waals surface area (Å²) in [5.41, 5.74) is 6.73. The number of ether oxygens (including phenoxy) is 1. The summed E-state index contributed by atoms with van der Waals surface area (Å²) in [7, 11) is 0. The third-order valence-electron chi connectivity index (χ3n) is 4.13. The van der Waals surface area contributed by atoms with Gasteiger partial charge in [0, 0.05) is 31.0 Å². The second-order valence-corrected chi connectivity index (χ2v) is 6.17. The minimum atomic E-state index is -0.195. The number of rotatable bonds is 3. The molecule has 2 heterocycles. The normalized spacial score (nSPS) is 26.1. The number of piperidine rings is 1. The summed E-state index contributed by atoms with van der Waals surface area (Å²) in [5, 5.41) is 0. The molecule has 2 aliphatic rings. The lowest BCUT2D eigenvalue weighted by molar-refractivity contribution is 0.124. The standard InChI is InChI=1S/C15H19FN2OS/c16-12-3-4-14-11(6-12)7-13(19-14)9-18-5-1-2-10(8-18)15(17)20/h3-4,6,10,13H,1-2,5,7-9H2,(H2,17,20). The van der Waals surface area contributed by atoms with Crippen LogP contribution in [0.25, 0.3) is 0 Å². The molecule has 0 aromatic heterocycles. The molecule has 108 valence electrons. The third kappa shape index (κ3) is 2.94. The summed E-state index contributed by atoms with van der Waals surface area (Å²) in [4.78, 5) is 2.98. The zero-order chi connectivity index (χ0) is 14.1. The van der Waals surface area contributed by atoms with Gasteiger partial charge in [0.05, 0.1) is 4.99 Å². The van der Waals surface area contributed by atoms with Crippen LogP contribution in [-0.2, 0) is 6.42 Å². The van der Waals surface area contributed by atoms with Crippen LogP contribution in [0.3, 0.4) is 0 Å². The number of nitrogens with two attached hydrogens (primary N) is 1. The van der Waals surface area contributed by atoms with Crippen molar-refractivity contribution in [2.24, 2.45) is 11.7 Å². The molecule has 0 bridgehead atoms. The first-order valence-corrected chi connectivity index (χ1v) is 7.49. The van der Waals surface area contributed by atoms with E-state index in [0.29, 0.717) is 10.9 Å². The highest BCUT2D eigenvalue weighted by Crippen LogP contribution is 2.30. The van der Waals surface area contributed by atoms with E-state index in [1.807, 2.05) is 0 Å². The van der Waals surface area contributed by atoms with Crippen molar-refractivity contribution in [1.82, 2.24) is 4.90 Å². The highest BCUT2D eigenvalue weighted by Gasteiger charge is 2.28. The van der Waals surface area contributed by atoms with Gasteiger partial charge in [0.1, 0.15) is 17.7 Å². The van der Waals surface area contributed by atoms with Crippen molar-refractivity contribution in [3.8, 4) is 5.75 Å². The zero-order valence-corrected chi connectivity index (χ0v) is 12.2. The van der Waals surface area contributed by atoms with Gasteiger partial charge in [-0.25, -0.2) is 4.39 Å². The SMILES string of the molecule is NC(=S)C1CCCN(CC2Cc3cc(F)ccc3O2)C1. The van der Waals surface area contributed by atoms with Gasteiger partial charge in [-0.05, 0) is 37.6 Å². The molecule has 0 radical (unpaired) electrons. The Kier molecular flexibility index (Phi) is 3.89. The monoisotopic (exact) mass is 294 g/mol. The van der Waals surface area contributed by atoms with Crippen LogP contribution < -0.4 is 10.5 Å². The molecule has 0 aliphatic carbocycles. The van der Waals surface area contributed by atoms with Crippen molar-refractivity contribution < 1.29 is 9.13 Å². The number of thiocarbonyl (C=S) groups is 1. The fraction of sp³-hybridized carbons (Fsp3) is 0.533. The van der Waals surface area contributed by atoms with Gasteiger partial charge in [-0.1, -0.05) is 12.2 Å². The summed E-state index contributed by atoms with van der Waals surface area (Å²) in [6, 6.07) is 4.74. The first-order valence-electron chi connectivity index (χ1n) is 7.08. The van der Waals surface area contributed by atoms with Crippen LogP contribution in [0.4, 0.5) is 4.39 Å². The Balaban J connectivity index is 1.59. The van der Waals surface area contributed by atoms with Gasteiger partial charge in [-0.3, -0.25) is 4.90 Å². The molecular formula is C15H19FN2OS. The number of hydrogen-bond acceptors (Lipinski definition) is 3. The van der Waals surface area contributed by atoms with E-state index in [9.17, 15) is 4.39 Å². The summed E-state index contributed by atoms with van der Waals surface area (Å²) < 4.78 is 19.1. The van der Waals surface area contributed by atoms with E-state index < -0.39 is 0 Å². The topological polar surface area (TPSA) is 38.5 Å². The van der Waals surface area contributed by atoms with Gasteiger partial charge in [0.25, 0.3) is 0 Å². The van der Waals surface area contributed by atoms with E-state index in [1.165, 1.54) is 6.07 Å². The van der Waals surface area contributed by atoms with E-state index >= 15 is 0 Å². The maximum Gasteiger partial charge on any atom is 0.123 e. The zero-order valence-electron chi connectivity index (χ0n) is 11.3. The van der Waals surface area contributed by atoms with Crippen molar-refractivity contribution in [2.75, 3.05) is 19.6 Å². The second kappa shape index (κ2) is 5.66. The molecule has 2 N–H and O–H groups in total. The molecule has 5 heteroatoms. The summed E-state index contributed by atoms with van der Waals surface area (Å²) in [6.45, 7) is 2.83. The molecule has 2 aliphatic heterocycles. The summed E-state index contributed by atoms with van der Waals surface area (Å²) in [5.74, 6) is 0.943. The molecule has 1 fully saturated rings. The van der Waals surface area contributed by atoms with Crippen LogP contribution in [0.15, 0.2) is 18.2 Å². The number of hydrogen-bond donors (Lipinski definition) is 1. The van der Waals surface area contributed by atoms with Crippen LogP contribution in [0.5, 0.6) is 5.75 Å². The van der Waals surface area contributed by atoms with E-state index in [0.717, 1.165) is 50.2 Å². The third-order valence-corrected chi connectivity index (χ3v) is 4.47. The quantitative estimate of drug-likeness (QED) is 0.867. The first-order chi connectivity index (χ1) is 9.61. The van der Waals surface area contributed by atoms with E-state index in [4.69, 9.17) is 22.7 Å². The average molecular weight is 294 g/mol. The Morgan fingerprint density at radius 2 is 2.35 bits per heavy atom. The van der Waals surface area contributed by atoms with Crippen molar-refractivity contribution >= 4 is 17.2 Å². The van der Waals surface area contributed by atoms with Crippen molar-refractivity contribution in [3.63, 3.8) is 0 Å². The van der Waals surface area contributed by atoms with Crippen LogP contribution in [0, 0.1) is 11.7 Å². The lowest BCUT2D eigenvalue weighted by Gasteiger charge is -2.33. The van der Waals surface area contributed by atoms with Gasteiger partial charge in [0.2, 0.25) is 0 Å². The van der Waals surface area contributed by atoms with E-state index in [2.05, 4.69) is 4.90 Å². The van der Waals surface area contributed by atoms with Gasteiger partial charge in [0.15, 0.2) is 0 Å². The maximum absolute atomic E-state index is 13.2. The van der Waals surface area contributed by atoms with Crippen molar-refractivity contribution in [1.29, 1.82) is 0 Å². The smallest absolute Gasteiger partial charge is 0.123 e. The fourth-order valence-electron chi connectivity index (χ4n) is 3.13. The van der Waals surface area contributed by atoms with E-state index in [1.54, 1.807) is 12.1 Å². The molecule has 1 aromatic rings. The number of fused-ring (bicyclic) bond motifs is 1. The molecule has 2 unspecified atom stereocenters. The molecule has 0 amide bonds. The molecule has 1 aromatic carbocycles. The molecule has 3 rings (SSSR count). The molecule has 0 spiro atoms. The lowest BCUT2D eigenvalue weighted by atomic mass is 9.97. The molecule has 0 saturated carbocycles. The lowest BCUT2D eigenvalue weighted by Crippen LogP contribution is -2.44. The average Bonchev–Trinajstić information content (AvgIpc) is 2.80. The van der Waals surface area contributed by atoms with Gasteiger partial charge < -0.3 is 10.5 Å². The number of benzene rings is 1.